The molecule has 1 unspecified atom stereocenters. The van der Waals surface area contributed by atoms with Crippen molar-refractivity contribution in [3.63, 3.8) is 0 Å². The fourth-order valence-corrected chi connectivity index (χ4v) is 1.40. The smallest absolute Gasteiger partial charge is 0.0194 e. The second-order valence-corrected chi connectivity index (χ2v) is 3.43. The van der Waals surface area contributed by atoms with Gasteiger partial charge in [0.15, 0.2) is 0 Å². The summed E-state index contributed by atoms with van der Waals surface area (Å²) >= 11 is 0. The lowest BCUT2D eigenvalue weighted by Gasteiger charge is -1.97. The van der Waals surface area contributed by atoms with Crippen molar-refractivity contribution in [2.24, 2.45) is 0 Å². The number of hydrogen-bond donors (Lipinski definition) is 0. The third kappa shape index (κ3) is 6.61. The van der Waals surface area contributed by atoms with E-state index in [1.807, 2.05) is 0 Å². The Morgan fingerprint density at radius 3 is 2.50 bits per heavy atom. The number of unbranched alkanes of at least 4 members (excludes halogenated alkanes) is 1. The molecule has 0 bridgehead atoms. The maximum atomic E-state index is 2.74. The van der Waals surface area contributed by atoms with E-state index in [9.17, 15) is 0 Å². The Hall–Kier alpha value is -0.0900. The lowest BCUT2D eigenvalue weighted by molar-refractivity contribution is 0.915. The molecule has 0 rings (SSSR count). The molecule has 0 nitrogen and oxygen atoms in total. The Morgan fingerprint density at radius 2 is 2.00 bits per heavy atom. The van der Waals surface area contributed by atoms with E-state index in [2.05, 4.69) is 41.3 Å². The first kappa shape index (κ1) is 11.9. The molecular weight excluding hydrogens is 163 g/mol. The zero-order valence-electron chi connectivity index (χ0n) is 8.34. The quantitative estimate of drug-likeness (QED) is 0.433. The molecule has 1 atom stereocenters. The predicted molar refractivity (Wildman–Crippen MR) is 61.6 cm³/mol. The lowest BCUT2D eigenvalue weighted by atomic mass is 10.1. The van der Waals surface area contributed by atoms with E-state index in [0.717, 1.165) is 6.16 Å². The van der Waals surface area contributed by atoms with Gasteiger partial charge in [-0.15, -0.1) is 9.24 Å². The highest BCUT2D eigenvalue weighted by Crippen LogP contribution is 2.08. The molecule has 0 aromatic carbocycles. The van der Waals surface area contributed by atoms with Gasteiger partial charge in [0.1, 0.15) is 0 Å². The summed E-state index contributed by atoms with van der Waals surface area (Å²) in [5, 5.41) is 0. The van der Waals surface area contributed by atoms with Crippen molar-refractivity contribution in [3.05, 3.63) is 23.8 Å². The summed E-state index contributed by atoms with van der Waals surface area (Å²) in [4.78, 5) is 0. The van der Waals surface area contributed by atoms with Gasteiger partial charge in [-0.1, -0.05) is 50.5 Å². The van der Waals surface area contributed by atoms with E-state index < -0.39 is 0 Å². The van der Waals surface area contributed by atoms with E-state index >= 15 is 0 Å². The topological polar surface area (TPSA) is 0 Å². The van der Waals surface area contributed by atoms with Crippen LogP contribution < -0.4 is 0 Å². The van der Waals surface area contributed by atoms with Gasteiger partial charge in [-0.2, -0.15) is 0 Å². The van der Waals surface area contributed by atoms with Crippen LogP contribution in [0, 0.1) is 0 Å². The van der Waals surface area contributed by atoms with E-state index in [1.54, 1.807) is 0 Å². The van der Waals surface area contributed by atoms with Crippen molar-refractivity contribution in [2.75, 3.05) is 6.16 Å². The maximum Gasteiger partial charge on any atom is -0.0194 e. The summed E-state index contributed by atoms with van der Waals surface area (Å²) in [5.74, 6) is 0. The maximum absolute atomic E-state index is 2.74. The van der Waals surface area contributed by atoms with Gasteiger partial charge < -0.3 is 0 Å². The molecule has 0 fully saturated rings. The fourth-order valence-electron chi connectivity index (χ4n) is 1.09. The molecular formula is C11H21P. The largest absolute Gasteiger partial charge is 0.134 e. The summed E-state index contributed by atoms with van der Waals surface area (Å²) in [6.07, 6.45) is 12.8. The van der Waals surface area contributed by atoms with E-state index in [0.29, 0.717) is 0 Å². The molecule has 0 spiro atoms. The van der Waals surface area contributed by atoms with Crippen LogP contribution in [0.1, 0.15) is 39.5 Å². The summed E-state index contributed by atoms with van der Waals surface area (Å²) in [5.41, 5.74) is 1.49. The molecule has 0 heterocycles. The van der Waals surface area contributed by atoms with Gasteiger partial charge in [0.05, 0.1) is 0 Å². The highest BCUT2D eigenvalue weighted by atomic mass is 31.0. The molecule has 0 N–H and O–H groups in total. The second-order valence-electron chi connectivity index (χ2n) is 2.96. The van der Waals surface area contributed by atoms with Gasteiger partial charge in [0.2, 0.25) is 0 Å². The molecule has 0 saturated heterocycles. The van der Waals surface area contributed by atoms with E-state index in [1.165, 1.54) is 31.3 Å². The zero-order valence-corrected chi connectivity index (χ0v) is 9.50. The van der Waals surface area contributed by atoms with Gasteiger partial charge in [0.25, 0.3) is 0 Å². The van der Waals surface area contributed by atoms with Crippen molar-refractivity contribution < 1.29 is 0 Å². The van der Waals surface area contributed by atoms with Crippen LogP contribution in [0.3, 0.4) is 0 Å². The zero-order chi connectivity index (χ0) is 9.23. The predicted octanol–water partition coefficient (Wildman–Crippen LogP) is 3.94. The molecule has 0 aromatic rings. The second kappa shape index (κ2) is 9.00. The molecule has 0 aromatic heterocycles. The third-order valence-corrected chi connectivity index (χ3v) is 1.94. The molecule has 0 aliphatic heterocycles. The summed E-state index contributed by atoms with van der Waals surface area (Å²) in [7, 11) is 2.74. The summed E-state index contributed by atoms with van der Waals surface area (Å²) in [6, 6.07) is 0. The van der Waals surface area contributed by atoms with Crippen molar-refractivity contribution >= 4 is 9.24 Å². The summed E-state index contributed by atoms with van der Waals surface area (Å²) in [6.45, 7) is 4.44. The fraction of sp³-hybridized carbons (Fsp3) is 0.636. The Bertz CT molecular complexity index is 145. The molecule has 70 valence electrons. The van der Waals surface area contributed by atoms with Crippen LogP contribution in [0.25, 0.3) is 0 Å². The Kier molecular flexibility index (Phi) is 8.93. The SMILES string of the molecule is CCC/C=C\C(=C/CP)CCC. The van der Waals surface area contributed by atoms with E-state index in [-0.39, 0.29) is 0 Å². The molecule has 12 heavy (non-hydrogen) atoms. The number of rotatable bonds is 6. The van der Waals surface area contributed by atoms with Crippen LogP contribution in [-0.4, -0.2) is 6.16 Å². The monoisotopic (exact) mass is 184 g/mol. The van der Waals surface area contributed by atoms with Gasteiger partial charge >= 0.3 is 0 Å². The van der Waals surface area contributed by atoms with Gasteiger partial charge in [0, 0.05) is 0 Å². The van der Waals surface area contributed by atoms with Crippen molar-refractivity contribution in [1.29, 1.82) is 0 Å². The normalized spacial score (nSPS) is 12.8. The van der Waals surface area contributed by atoms with Crippen LogP contribution in [0.5, 0.6) is 0 Å². The highest BCUT2D eigenvalue weighted by Gasteiger charge is 1.88. The first-order valence-corrected chi connectivity index (χ1v) is 5.72. The summed E-state index contributed by atoms with van der Waals surface area (Å²) < 4.78 is 0. The Morgan fingerprint density at radius 1 is 1.25 bits per heavy atom. The minimum absolute atomic E-state index is 1.08. The van der Waals surface area contributed by atoms with Gasteiger partial charge in [-0.05, 0) is 19.0 Å². The lowest BCUT2D eigenvalue weighted by Crippen LogP contribution is -1.78. The molecule has 0 amide bonds. The minimum Gasteiger partial charge on any atom is -0.134 e. The molecule has 0 aliphatic rings. The third-order valence-electron chi connectivity index (χ3n) is 1.71. The van der Waals surface area contributed by atoms with Crippen molar-refractivity contribution in [1.82, 2.24) is 0 Å². The first-order valence-electron chi connectivity index (χ1n) is 4.90. The standard InChI is InChI=1S/C11H21P/c1-3-5-6-8-11(7-4-2)9-10-12/h6,8-9H,3-5,7,10,12H2,1-2H3/b8-6-,11-9-. The van der Waals surface area contributed by atoms with Gasteiger partial charge in [-0.25, -0.2) is 0 Å². The number of hydrogen-bond acceptors (Lipinski definition) is 0. The van der Waals surface area contributed by atoms with Crippen LogP contribution in [0.2, 0.25) is 0 Å². The average molecular weight is 184 g/mol. The van der Waals surface area contributed by atoms with Crippen LogP contribution in [0.4, 0.5) is 0 Å². The first-order chi connectivity index (χ1) is 5.85. The van der Waals surface area contributed by atoms with E-state index in [4.69, 9.17) is 0 Å². The molecule has 0 saturated carbocycles. The van der Waals surface area contributed by atoms with Crippen molar-refractivity contribution in [3.8, 4) is 0 Å². The van der Waals surface area contributed by atoms with Crippen LogP contribution in [-0.2, 0) is 0 Å². The van der Waals surface area contributed by atoms with Gasteiger partial charge in [-0.3, -0.25) is 0 Å². The minimum atomic E-state index is 1.08. The van der Waals surface area contributed by atoms with Crippen molar-refractivity contribution in [2.45, 2.75) is 39.5 Å². The molecule has 0 aliphatic carbocycles. The molecule has 0 radical (unpaired) electrons. The van der Waals surface area contributed by atoms with Crippen LogP contribution in [0.15, 0.2) is 23.8 Å². The average Bonchev–Trinajstić information content (AvgIpc) is 2.06. The number of allylic oxidation sites excluding steroid dienone is 4. The molecule has 1 heteroatoms. The highest BCUT2D eigenvalue weighted by molar-refractivity contribution is 7.16. The van der Waals surface area contributed by atoms with Crippen LogP contribution >= 0.6 is 9.24 Å². The Labute approximate surface area is 79.3 Å². The Balaban J connectivity index is 3.85.